The highest BCUT2D eigenvalue weighted by molar-refractivity contribution is 5.93. The van der Waals surface area contributed by atoms with Gasteiger partial charge >= 0.3 is 0 Å². The summed E-state index contributed by atoms with van der Waals surface area (Å²) in [5, 5.41) is 11.4. The average Bonchev–Trinajstić information content (AvgIpc) is 3.13. The van der Waals surface area contributed by atoms with Crippen molar-refractivity contribution in [2.24, 2.45) is 17.6 Å². The number of hydrogen-bond donors (Lipinski definition) is 3. The van der Waals surface area contributed by atoms with Crippen LogP contribution < -0.4 is 16.6 Å². The molecule has 29 heavy (non-hydrogen) atoms. The van der Waals surface area contributed by atoms with Crippen LogP contribution in [0.3, 0.4) is 0 Å². The number of nitrogens with zero attached hydrogens (tertiary/aromatic N) is 1. The van der Waals surface area contributed by atoms with Gasteiger partial charge < -0.3 is 20.9 Å². The van der Waals surface area contributed by atoms with E-state index in [1.165, 1.54) is 29.0 Å². The van der Waals surface area contributed by atoms with Crippen LogP contribution in [-0.4, -0.2) is 40.8 Å². The molecule has 0 bridgehead atoms. The Bertz CT molecular complexity index is 961. The van der Waals surface area contributed by atoms with Crippen LogP contribution in [0.4, 0.5) is 10.1 Å². The molecule has 3 atom stereocenters. The Hall–Kier alpha value is -3.04. The highest BCUT2D eigenvalue weighted by Gasteiger charge is 2.41. The predicted octanol–water partition coefficient (Wildman–Crippen LogP) is 0.804. The zero-order valence-corrected chi connectivity index (χ0v) is 15.6. The molecule has 1 aromatic carbocycles. The molecule has 4 N–H and O–H groups in total. The second-order valence-corrected chi connectivity index (χ2v) is 6.87. The van der Waals surface area contributed by atoms with Crippen molar-refractivity contribution >= 4 is 17.5 Å². The molecule has 1 aliphatic carbocycles. The van der Waals surface area contributed by atoms with E-state index in [1.54, 1.807) is 12.1 Å². The fourth-order valence-corrected chi connectivity index (χ4v) is 3.53. The third-order valence-electron chi connectivity index (χ3n) is 4.97. The van der Waals surface area contributed by atoms with Crippen molar-refractivity contribution in [3.05, 3.63) is 58.8 Å². The molecule has 2 aromatic rings. The Morgan fingerprint density at radius 2 is 2.07 bits per heavy atom. The largest absolute Gasteiger partial charge is 0.394 e. The van der Waals surface area contributed by atoms with Crippen molar-refractivity contribution in [2.75, 3.05) is 18.5 Å². The Kier molecular flexibility index (Phi) is 6.40. The average molecular weight is 403 g/mol. The van der Waals surface area contributed by atoms with Crippen molar-refractivity contribution in [3.63, 3.8) is 0 Å². The number of aromatic nitrogens is 1. The van der Waals surface area contributed by atoms with Gasteiger partial charge in [-0.25, -0.2) is 4.39 Å². The molecule has 1 aliphatic rings. The van der Waals surface area contributed by atoms with Crippen LogP contribution in [0.15, 0.2) is 47.4 Å². The Morgan fingerprint density at radius 1 is 1.28 bits per heavy atom. The number of primary amides is 1. The number of amides is 2. The molecule has 0 aliphatic heterocycles. The first-order valence-electron chi connectivity index (χ1n) is 9.21. The van der Waals surface area contributed by atoms with Crippen LogP contribution >= 0.6 is 0 Å². The SMILES string of the molecule is NC(=O)[C@H]1C[C@@H](C(=O)Nc2ccc(-n3ccccc3=O)cc2F)C[C@@H]1OCCO. The standard InChI is InChI=1S/C20H22FN3O5/c21-15-11-13(24-6-2-1-3-18(24)26)4-5-16(15)23-20(28)12-9-14(19(22)27)17(10-12)29-8-7-25/h1-6,11-12,14,17,25H,7-10H2,(H2,22,27)(H,23,28)/t12-,14+,17+/m1/s1. The summed E-state index contributed by atoms with van der Waals surface area (Å²) >= 11 is 0. The topological polar surface area (TPSA) is 124 Å². The zero-order chi connectivity index (χ0) is 21.0. The summed E-state index contributed by atoms with van der Waals surface area (Å²) < 4.78 is 21.2. The third-order valence-corrected chi connectivity index (χ3v) is 4.97. The highest BCUT2D eigenvalue weighted by Crippen LogP contribution is 2.34. The van der Waals surface area contributed by atoms with Gasteiger partial charge in [0.25, 0.3) is 5.56 Å². The molecule has 1 aromatic heterocycles. The molecule has 0 unspecified atom stereocenters. The van der Waals surface area contributed by atoms with Gasteiger partial charge in [0.15, 0.2) is 0 Å². The van der Waals surface area contributed by atoms with E-state index in [4.69, 9.17) is 15.6 Å². The van der Waals surface area contributed by atoms with Crippen LogP contribution in [0.2, 0.25) is 0 Å². The summed E-state index contributed by atoms with van der Waals surface area (Å²) in [4.78, 5) is 36.1. The number of nitrogens with one attached hydrogen (secondary N) is 1. The Balaban J connectivity index is 1.71. The normalized spacial score (nSPS) is 21.1. The van der Waals surface area contributed by atoms with Crippen LogP contribution in [-0.2, 0) is 14.3 Å². The third kappa shape index (κ3) is 4.69. The van der Waals surface area contributed by atoms with Crippen LogP contribution in [0.25, 0.3) is 5.69 Å². The summed E-state index contributed by atoms with van der Waals surface area (Å²) in [5.41, 5.74) is 5.38. The molecular formula is C20H22FN3O5. The van der Waals surface area contributed by atoms with E-state index in [1.807, 2.05) is 0 Å². The summed E-state index contributed by atoms with van der Waals surface area (Å²) in [6.07, 6.45) is 1.40. The fraction of sp³-hybridized carbons (Fsp3) is 0.350. The van der Waals surface area contributed by atoms with E-state index < -0.39 is 35.6 Å². The Morgan fingerprint density at radius 3 is 2.72 bits per heavy atom. The molecule has 0 spiro atoms. The number of halogens is 1. The van der Waals surface area contributed by atoms with Gasteiger partial charge in [0.2, 0.25) is 11.8 Å². The minimum absolute atomic E-state index is 0.0296. The van der Waals surface area contributed by atoms with Crippen LogP contribution in [0.1, 0.15) is 12.8 Å². The van der Waals surface area contributed by atoms with Gasteiger partial charge in [0.05, 0.1) is 36.6 Å². The molecule has 1 heterocycles. The van der Waals surface area contributed by atoms with E-state index in [9.17, 15) is 18.8 Å². The lowest BCUT2D eigenvalue weighted by Crippen LogP contribution is -2.31. The number of nitrogens with two attached hydrogens (primary N) is 1. The molecule has 154 valence electrons. The smallest absolute Gasteiger partial charge is 0.255 e. The van der Waals surface area contributed by atoms with E-state index >= 15 is 0 Å². The lowest BCUT2D eigenvalue weighted by Gasteiger charge is -2.16. The maximum absolute atomic E-state index is 14.5. The highest BCUT2D eigenvalue weighted by atomic mass is 19.1. The first-order chi connectivity index (χ1) is 13.9. The number of benzene rings is 1. The minimum Gasteiger partial charge on any atom is -0.394 e. The van der Waals surface area contributed by atoms with Crippen LogP contribution in [0, 0.1) is 17.7 Å². The lowest BCUT2D eigenvalue weighted by atomic mass is 10.0. The van der Waals surface area contributed by atoms with E-state index in [-0.39, 0.29) is 37.3 Å². The molecule has 1 saturated carbocycles. The summed E-state index contributed by atoms with van der Waals surface area (Å²) in [6.45, 7) is -0.168. The summed E-state index contributed by atoms with van der Waals surface area (Å²) in [5.74, 6) is -2.94. The second-order valence-electron chi connectivity index (χ2n) is 6.87. The van der Waals surface area contributed by atoms with Gasteiger partial charge in [-0.1, -0.05) is 6.07 Å². The van der Waals surface area contributed by atoms with Gasteiger partial charge in [-0.05, 0) is 31.0 Å². The van der Waals surface area contributed by atoms with Crippen LogP contribution in [0.5, 0.6) is 0 Å². The number of aliphatic hydroxyl groups excluding tert-OH is 1. The summed E-state index contributed by atoms with van der Waals surface area (Å²) in [7, 11) is 0. The van der Waals surface area contributed by atoms with E-state index in [0.29, 0.717) is 5.69 Å². The minimum atomic E-state index is -0.691. The van der Waals surface area contributed by atoms with Crippen molar-refractivity contribution < 1.29 is 23.8 Å². The molecule has 1 fully saturated rings. The second kappa shape index (κ2) is 8.97. The number of hydrogen-bond acceptors (Lipinski definition) is 5. The quantitative estimate of drug-likeness (QED) is 0.631. The van der Waals surface area contributed by atoms with Gasteiger partial charge in [0.1, 0.15) is 5.82 Å². The van der Waals surface area contributed by atoms with Crippen molar-refractivity contribution in [2.45, 2.75) is 18.9 Å². The maximum Gasteiger partial charge on any atom is 0.255 e. The molecule has 3 rings (SSSR count). The molecule has 9 heteroatoms. The number of anilines is 1. The number of carbonyl (C=O) groups excluding carboxylic acids is 2. The summed E-state index contributed by atoms with van der Waals surface area (Å²) in [6, 6.07) is 8.65. The number of rotatable bonds is 7. The van der Waals surface area contributed by atoms with Crippen molar-refractivity contribution in [3.8, 4) is 5.69 Å². The van der Waals surface area contributed by atoms with Gasteiger partial charge in [-0.2, -0.15) is 0 Å². The number of aliphatic hydroxyl groups is 1. The maximum atomic E-state index is 14.5. The zero-order valence-electron chi connectivity index (χ0n) is 15.6. The molecule has 0 radical (unpaired) electrons. The molecule has 2 amide bonds. The van der Waals surface area contributed by atoms with Crippen molar-refractivity contribution in [1.82, 2.24) is 4.57 Å². The molecular weight excluding hydrogens is 381 g/mol. The number of ether oxygens (including phenoxy) is 1. The van der Waals surface area contributed by atoms with Gasteiger partial charge in [-0.15, -0.1) is 0 Å². The Labute approximate surface area is 166 Å². The lowest BCUT2D eigenvalue weighted by molar-refractivity contribution is -0.126. The van der Waals surface area contributed by atoms with Crippen molar-refractivity contribution in [1.29, 1.82) is 0 Å². The van der Waals surface area contributed by atoms with Gasteiger partial charge in [0, 0.05) is 24.2 Å². The number of pyridine rings is 1. The fourth-order valence-electron chi connectivity index (χ4n) is 3.53. The predicted molar refractivity (Wildman–Crippen MR) is 103 cm³/mol. The first kappa shape index (κ1) is 20.7. The first-order valence-corrected chi connectivity index (χ1v) is 9.21. The van der Waals surface area contributed by atoms with E-state index in [2.05, 4.69) is 5.32 Å². The number of carbonyl (C=O) groups is 2. The van der Waals surface area contributed by atoms with Gasteiger partial charge in [-0.3, -0.25) is 19.0 Å². The molecule has 0 saturated heterocycles. The molecule has 8 nitrogen and oxygen atoms in total. The monoisotopic (exact) mass is 403 g/mol. The van der Waals surface area contributed by atoms with E-state index in [0.717, 1.165) is 6.07 Å².